The first-order valence-electron chi connectivity index (χ1n) is 7.33. The lowest BCUT2D eigenvalue weighted by molar-refractivity contribution is -0.313. The fraction of sp³-hybridized carbons (Fsp3) is 0.500. The molecule has 1 aromatic carbocycles. The number of methoxy groups -OCH3 is 1. The summed E-state index contributed by atoms with van der Waals surface area (Å²) in [5.74, 6) is -2.39. The number of hydrogen-bond donors (Lipinski definition) is 1. The lowest BCUT2D eigenvalue weighted by Gasteiger charge is -2.27. The summed E-state index contributed by atoms with van der Waals surface area (Å²) in [7, 11) is 1.57. The Bertz CT molecular complexity index is 615. The molecule has 6 nitrogen and oxygen atoms in total. The zero-order valence-corrected chi connectivity index (χ0v) is 12.5. The van der Waals surface area contributed by atoms with Crippen LogP contribution in [-0.4, -0.2) is 31.2 Å². The second-order valence-electron chi connectivity index (χ2n) is 5.83. The number of benzene rings is 1. The van der Waals surface area contributed by atoms with Crippen LogP contribution in [0.1, 0.15) is 18.4 Å². The van der Waals surface area contributed by atoms with Gasteiger partial charge in [0.15, 0.2) is 0 Å². The Morgan fingerprint density at radius 1 is 1.27 bits per heavy atom. The summed E-state index contributed by atoms with van der Waals surface area (Å²) in [6, 6.07) is 5.30. The number of fused-ring (bicyclic) bond motifs is 2. The molecule has 0 unspecified atom stereocenters. The summed E-state index contributed by atoms with van der Waals surface area (Å²) in [6.45, 7) is 1.85. The molecule has 2 heterocycles. The van der Waals surface area contributed by atoms with Gasteiger partial charge < -0.3 is 24.7 Å². The SMILES string of the molecule is COc1ccc(NC(=O)[C@@H]2[C@@H](C(=O)[O-])[C@@H]3CC[C@H]2O3)c(C)c1. The van der Waals surface area contributed by atoms with Gasteiger partial charge in [0.05, 0.1) is 25.2 Å². The number of ether oxygens (including phenoxy) is 2. The second-order valence-corrected chi connectivity index (χ2v) is 5.83. The predicted octanol–water partition coefficient (Wildman–Crippen LogP) is 0.486. The third-order valence-corrected chi connectivity index (χ3v) is 4.54. The van der Waals surface area contributed by atoms with Gasteiger partial charge in [-0.25, -0.2) is 0 Å². The van der Waals surface area contributed by atoms with Crippen molar-refractivity contribution >= 4 is 17.6 Å². The maximum atomic E-state index is 12.5. The number of carbonyl (C=O) groups excluding carboxylic acids is 2. The van der Waals surface area contributed by atoms with Crippen LogP contribution in [0, 0.1) is 18.8 Å². The van der Waals surface area contributed by atoms with Crippen molar-refractivity contribution in [3.8, 4) is 5.75 Å². The Kier molecular flexibility index (Phi) is 3.78. The molecule has 6 heteroatoms. The van der Waals surface area contributed by atoms with Crippen LogP contribution >= 0.6 is 0 Å². The average Bonchev–Trinajstić information content (AvgIpc) is 3.09. The van der Waals surface area contributed by atoms with Crippen molar-refractivity contribution in [3.63, 3.8) is 0 Å². The number of hydrogen-bond acceptors (Lipinski definition) is 5. The summed E-state index contributed by atoms with van der Waals surface area (Å²) < 4.78 is 10.7. The molecule has 1 aromatic rings. The maximum Gasteiger partial charge on any atom is 0.230 e. The quantitative estimate of drug-likeness (QED) is 0.874. The molecule has 0 spiro atoms. The average molecular weight is 304 g/mol. The van der Waals surface area contributed by atoms with Gasteiger partial charge in [-0.3, -0.25) is 4.79 Å². The first-order valence-corrected chi connectivity index (χ1v) is 7.33. The van der Waals surface area contributed by atoms with Crippen molar-refractivity contribution in [2.24, 2.45) is 11.8 Å². The molecule has 2 aliphatic rings. The van der Waals surface area contributed by atoms with E-state index in [0.717, 1.165) is 5.56 Å². The fourth-order valence-electron chi connectivity index (χ4n) is 3.43. The molecule has 118 valence electrons. The third kappa shape index (κ3) is 2.43. The normalized spacial score (nSPS) is 29.4. The Morgan fingerprint density at radius 2 is 1.95 bits per heavy atom. The van der Waals surface area contributed by atoms with Crippen LogP contribution in [0.15, 0.2) is 18.2 Å². The fourth-order valence-corrected chi connectivity index (χ4v) is 3.43. The lowest BCUT2D eigenvalue weighted by atomic mass is 9.78. The smallest absolute Gasteiger partial charge is 0.230 e. The van der Waals surface area contributed by atoms with E-state index in [1.165, 1.54) is 0 Å². The predicted molar refractivity (Wildman–Crippen MR) is 76.2 cm³/mol. The monoisotopic (exact) mass is 304 g/mol. The topological polar surface area (TPSA) is 87.7 Å². The highest BCUT2D eigenvalue weighted by molar-refractivity contribution is 5.96. The number of nitrogens with one attached hydrogen (secondary N) is 1. The minimum absolute atomic E-state index is 0.324. The zero-order chi connectivity index (χ0) is 15.9. The molecule has 2 bridgehead atoms. The van der Waals surface area contributed by atoms with Crippen molar-refractivity contribution in [2.45, 2.75) is 32.0 Å². The number of carboxylic acid groups (broad SMARTS) is 1. The van der Waals surface area contributed by atoms with E-state index in [1.54, 1.807) is 19.2 Å². The Balaban J connectivity index is 1.78. The molecule has 2 saturated heterocycles. The van der Waals surface area contributed by atoms with Gasteiger partial charge in [0, 0.05) is 17.6 Å². The minimum Gasteiger partial charge on any atom is -0.550 e. The highest BCUT2D eigenvalue weighted by atomic mass is 16.5. The van der Waals surface area contributed by atoms with Crippen LogP contribution in [0.4, 0.5) is 5.69 Å². The van der Waals surface area contributed by atoms with E-state index in [-0.39, 0.29) is 12.0 Å². The molecule has 2 aliphatic heterocycles. The van der Waals surface area contributed by atoms with Gasteiger partial charge in [-0.05, 0) is 43.5 Å². The van der Waals surface area contributed by atoms with Crippen LogP contribution in [0.3, 0.4) is 0 Å². The molecule has 0 saturated carbocycles. The molecule has 4 atom stereocenters. The van der Waals surface area contributed by atoms with Gasteiger partial charge in [0.1, 0.15) is 5.75 Å². The summed E-state index contributed by atoms with van der Waals surface area (Å²) >= 11 is 0. The first kappa shape index (κ1) is 14.8. The van der Waals surface area contributed by atoms with E-state index < -0.39 is 23.9 Å². The van der Waals surface area contributed by atoms with Gasteiger partial charge in [0.25, 0.3) is 0 Å². The van der Waals surface area contributed by atoms with Gasteiger partial charge in [-0.15, -0.1) is 0 Å². The summed E-state index contributed by atoms with van der Waals surface area (Å²) in [6.07, 6.45) is 0.664. The highest BCUT2D eigenvalue weighted by Gasteiger charge is 2.52. The Labute approximate surface area is 128 Å². The van der Waals surface area contributed by atoms with E-state index in [9.17, 15) is 14.7 Å². The summed E-state index contributed by atoms with van der Waals surface area (Å²) in [5, 5.41) is 14.1. The van der Waals surface area contributed by atoms with E-state index in [2.05, 4.69) is 5.32 Å². The van der Waals surface area contributed by atoms with E-state index >= 15 is 0 Å². The van der Waals surface area contributed by atoms with Crippen LogP contribution in [0.2, 0.25) is 0 Å². The van der Waals surface area contributed by atoms with Crippen molar-refractivity contribution in [2.75, 3.05) is 12.4 Å². The summed E-state index contributed by atoms with van der Waals surface area (Å²) in [5.41, 5.74) is 1.49. The number of aliphatic carboxylic acids is 1. The molecule has 22 heavy (non-hydrogen) atoms. The molecular formula is C16H18NO5-. The maximum absolute atomic E-state index is 12.5. The first-order chi connectivity index (χ1) is 10.5. The van der Waals surface area contributed by atoms with Crippen molar-refractivity contribution in [1.82, 2.24) is 0 Å². The molecule has 2 fully saturated rings. The van der Waals surface area contributed by atoms with E-state index in [1.807, 2.05) is 13.0 Å². The second kappa shape index (κ2) is 5.61. The number of aryl methyl sites for hydroxylation is 1. The third-order valence-electron chi connectivity index (χ3n) is 4.54. The van der Waals surface area contributed by atoms with Crippen LogP contribution < -0.4 is 15.2 Å². The zero-order valence-electron chi connectivity index (χ0n) is 12.5. The Hall–Kier alpha value is -2.08. The number of anilines is 1. The Morgan fingerprint density at radius 3 is 2.55 bits per heavy atom. The lowest BCUT2D eigenvalue weighted by Crippen LogP contribution is -2.46. The number of carbonyl (C=O) groups is 2. The molecule has 3 rings (SSSR count). The largest absolute Gasteiger partial charge is 0.550 e. The highest BCUT2D eigenvalue weighted by Crippen LogP contribution is 2.43. The summed E-state index contributed by atoms with van der Waals surface area (Å²) in [4.78, 5) is 23.8. The number of amides is 1. The van der Waals surface area contributed by atoms with Crippen LogP contribution in [-0.2, 0) is 14.3 Å². The molecule has 0 aliphatic carbocycles. The molecule has 0 radical (unpaired) electrons. The number of carboxylic acids is 1. The van der Waals surface area contributed by atoms with Gasteiger partial charge in [-0.2, -0.15) is 0 Å². The molecular weight excluding hydrogens is 286 g/mol. The standard InChI is InChI=1S/C16H19NO5/c1-8-7-9(21-2)3-4-10(8)17-15(18)13-11-5-6-12(22-11)14(13)16(19)20/h3-4,7,11-14H,5-6H2,1-2H3,(H,17,18)(H,19,20)/p-1/t11-,12+,13+,14+/m1/s1. The van der Waals surface area contributed by atoms with E-state index in [4.69, 9.17) is 9.47 Å². The van der Waals surface area contributed by atoms with Gasteiger partial charge >= 0.3 is 0 Å². The van der Waals surface area contributed by atoms with Crippen molar-refractivity contribution in [1.29, 1.82) is 0 Å². The molecule has 1 N–H and O–H groups in total. The van der Waals surface area contributed by atoms with Crippen molar-refractivity contribution < 1.29 is 24.2 Å². The van der Waals surface area contributed by atoms with Crippen LogP contribution in [0.25, 0.3) is 0 Å². The van der Waals surface area contributed by atoms with E-state index in [0.29, 0.717) is 24.3 Å². The minimum atomic E-state index is -1.21. The molecule has 1 amide bonds. The van der Waals surface area contributed by atoms with Crippen LogP contribution in [0.5, 0.6) is 5.75 Å². The van der Waals surface area contributed by atoms with Gasteiger partial charge in [-0.1, -0.05) is 0 Å². The molecule has 0 aromatic heterocycles. The number of rotatable bonds is 4. The van der Waals surface area contributed by atoms with Crippen molar-refractivity contribution in [3.05, 3.63) is 23.8 Å². The van der Waals surface area contributed by atoms with Gasteiger partial charge in [0.2, 0.25) is 5.91 Å².